The van der Waals surface area contributed by atoms with Crippen molar-refractivity contribution in [2.45, 2.75) is 6.04 Å². The molecule has 0 unspecified atom stereocenters. The number of nitriles is 1. The van der Waals surface area contributed by atoms with Gasteiger partial charge in [0.1, 0.15) is 12.4 Å². The van der Waals surface area contributed by atoms with E-state index in [2.05, 4.69) is 15.5 Å². The third-order valence-electron chi connectivity index (χ3n) is 3.25. The zero-order valence-corrected chi connectivity index (χ0v) is 13.1. The summed E-state index contributed by atoms with van der Waals surface area (Å²) < 4.78 is 1.61. The number of carbonyl (C=O) groups excluding carboxylic acids is 1. The van der Waals surface area contributed by atoms with Gasteiger partial charge in [0.15, 0.2) is 5.65 Å². The number of pyridine rings is 1. The largest absolute Gasteiger partial charge is 0.332 e. The molecule has 0 radical (unpaired) electrons. The molecule has 23 heavy (non-hydrogen) atoms. The first-order valence-electron chi connectivity index (χ1n) is 6.54. The maximum Gasteiger partial charge on any atom is 0.254 e. The van der Waals surface area contributed by atoms with Gasteiger partial charge in [0.25, 0.3) is 5.91 Å². The molecule has 0 saturated carbocycles. The van der Waals surface area contributed by atoms with Crippen LogP contribution in [0, 0.1) is 11.3 Å². The maximum absolute atomic E-state index is 12.4. The molecule has 0 spiro atoms. The second-order valence-corrected chi connectivity index (χ2v) is 5.48. The minimum absolute atomic E-state index is 0.246. The van der Waals surface area contributed by atoms with Gasteiger partial charge >= 0.3 is 0 Å². The van der Waals surface area contributed by atoms with Gasteiger partial charge in [-0.3, -0.25) is 9.20 Å². The van der Waals surface area contributed by atoms with Gasteiger partial charge in [0.2, 0.25) is 0 Å². The lowest BCUT2D eigenvalue weighted by Crippen LogP contribution is -2.28. The lowest BCUT2D eigenvalue weighted by atomic mass is 10.1. The van der Waals surface area contributed by atoms with Crippen molar-refractivity contribution in [3.05, 3.63) is 64.0 Å². The summed E-state index contributed by atoms with van der Waals surface area (Å²) in [5.41, 5.74) is 1.44. The molecule has 0 aliphatic rings. The van der Waals surface area contributed by atoms with Crippen LogP contribution in [-0.2, 0) is 0 Å². The Bertz CT molecular complexity index is 931. The number of halogens is 2. The Kier molecular flexibility index (Phi) is 4.15. The predicted molar refractivity (Wildman–Crippen MR) is 85.3 cm³/mol. The van der Waals surface area contributed by atoms with Gasteiger partial charge in [-0.1, -0.05) is 35.3 Å². The number of nitrogens with zero attached hydrogens (tertiary/aromatic N) is 4. The van der Waals surface area contributed by atoms with Crippen molar-refractivity contribution >= 4 is 34.8 Å². The highest BCUT2D eigenvalue weighted by Gasteiger charge is 2.19. The Hall–Kier alpha value is -2.62. The molecule has 0 aliphatic heterocycles. The normalized spacial score (nSPS) is 11.9. The molecule has 114 valence electrons. The lowest BCUT2D eigenvalue weighted by molar-refractivity contribution is 0.0944. The summed E-state index contributed by atoms with van der Waals surface area (Å²) in [6.07, 6.45) is 3.07. The van der Waals surface area contributed by atoms with E-state index >= 15 is 0 Å². The van der Waals surface area contributed by atoms with E-state index in [0.717, 1.165) is 0 Å². The fourth-order valence-electron chi connectivity index (χ4n) is 2.10. The second kappa shape index (κ2) is 6.24. The minimum Gasteiger partial charge on any atom is -0.332 e. The first-order valence-corrected chi connectivity index (χ1v) is 7.29. The molecule has 1 aromatic carbocycles. The van der Waals surface area contributed by atoms with Crippen LogP contribution in [0.5, 0.6) is 0 Å². The molecule has 0 saturated heterocycles. The Balaban J connectivity index is 1.88. The van der Waals surface area contributed by atoms with Crippen molar-refractivity contribution in [2.75, 3.05) is 0 Å². The van der Waals surface area contributed by atoms with Gasteiger partial charge in [-0.15, -0.1) is 10.2 Å². The average Bonchev–Trinajstić information content (AvgIpc) is 3.03. The third-order valence-corrected chi connectivity index (χ3v) is 4.08. The van der Waals surface area contributed by atoms with Crippen LogP contribution >= 0.6 is 23.2 Å². The lowest BCUT2D eigenvalue weighted by Gasteiger charge is -2.14. The second-order valence-electron chi connectivity index (χ2n) is 4.69. The van der Waals surface area contributed by atoms with Crippen molar-refractivity contribution < 1.29 is 4.79 Å². The number of hydrogen-bond acceptors (Lipinski definition) is 4. The highest BCUT2D eigenvalue weighted by atomic mass is 35.5. The van der Waals surface area contributed by atoms with Gasteiger partial charge in [-0.05, 0) is 18.2 Å². The van der Waals surface area contributed by atoms with Crippen LogP contribution in [0.25, 0.3) is 5.65 Å². The summed E-state index contributed by atoms with van der Waals surface area (Å²) in [5.74, 6) is -0.414. The summed E-state index contributed by atoms with van der Waals surface area (Å²) in [7, 11) is 0. The molecule has 3 rings (SSSR count). The van der Waals surface area contributed by atoms with E-state index in [-0.39, 0.29) is 5.02 Å². The van der Waals surface area contributed by atoms with Crippen molar-refractivity contribution in [1.82, 2.24) is 19.9 Å². The fourth-order valence-corrected chi connectivity index (χ4v) is 2.52. The molecule has 6 nitrogen and oxygen atoms in total. The van der Waals surface area contributed by atoms with Crippen LogP contribution in [0.3, 0.4) is 0 Å². The standard InChI is InChI=1S/C15H9Cl2N5O/c16-11-3-1-2-10(14(11)17)12(6-18)20-15(23)9-4-5-13-21-19-8-22(13)7-9/h1-5,7-8,12H,(H,20,23)/t12-/m0/s1. The van der Waals surface area contributed by atoms with Crippen LogP contribution in [0.2, 0.25) is 10.0 Å². The van der Waals surface area contributed by atoms with E-state index in [4.69, 9.17) is 23.2 Å². The molecule has 0 fully saturated rings. The molecule has 2 aromatic heterocycles. The average molecular weight is 346 g/mol. The van der Waals surface area contributed by atoms with Gasteiger partial charge in [-0.25, -0.2) is 0 Å². The summed E-state index contributed by atoms with van der Waals surface area (Å²) in [6, 6.07) is 9.30. The molecule has 1 N–H and O–H groups in total. The molecule has 3 aromatic rings. The highest BCUT2D eigenvalue weighted by molar-refractivity contribution is 6.42. The third kappa shape index (κ3) is 2.97. The van der Waals surface area contributed by atoms with Crippen molar-refractivity contribution in [3.63, 3.8) is 0 Å². The molecular weight excluding hydrogens is 337 g/mol. The maximum atomic E-state index is 12.4. The Morgan fingerprint density at radius 2 is 2.13 bits per heavy atom. The molecule has 1 atom stereocenters. The van der Waals surface area contributed by atoms with Crippen molar-refractivity contribution in [1.29, 1.82) is 5.26 Å². The summed E-state index contributed by atoms with van der Waals surface area (Å²) in [4.78, 5) is 12.4. The quantitative estimate of drug-likeness (QED) is 0.790. The van der Waals surface area contributed by atoms with Crippen LogP contribution in [0.15, 0.2) is 42.9 Å². The molecule has 0 aliphatic carbocycles. The number of benzene rings is 1. The van der Waals surface area contributed by atoms with E-state index in [9.17, 15) is 10.1 Å². The van der Waals surface area contributed by atoms with Gasteiger partial charge in [0.05, 0.1) is 21.7 Å². The molecule has 0 bridgehead atoms. The van der Waals surface area contributed by atoms with Crippen LogP contribution in [0.1, 0.15) is 22.0 Å². The highest BCUT2D eigenvalue weighted by Crippen LogP contribution is 2.29. The molecular formula is C15H9Cl2N5O. The van der Waals surface area contributed by atoms with E-state index in [1.807, 2.05) is 6.07 Å². The first-order chi connectivity index (χ1) is 11.1. The predicted octanol–water partition coefficient (Wildman–Crippen LogP) is 3.03. The number of hydrogen-bond donors (Lipinski definition) is 1. The topological polar surface area (TPSA) is 83.1 Å². The zero-order valence-electron chi connectivity index (χ0n) is 11.6. The van der Waals surface area contributed by atoms with E-state index in [0.29, 0.717) is 21.8 Å². The van der Waals surface area contributed by atoms with Crippen LogP contribution in [0.4, 0.5) is 0 Å². The Morgan fingerprint density at radius 1 is 1.30 bits per heavy atom. The molecule has 1 amide bonds. The first kappa shape index (κ1) is 15.3. The SMILES string of the molecule is N#C[C@H](NC(=O)c1ccc2nncn2c1)c1cccc(Cl)c1Cl. The summed E-state index contributed by atoms with van der Waals surface area (Å²) in [6.45, 7) is 0. The smallest absolute Gasteiger partial charge is 0.254 e. The number of fused-ring (bicyclic) bond motifs is 1. The van der Waals surface area contributed by atoms with Crippen molar-refractivity contribution in [2.24, 2.45) is 0 Å². The summed E-state index contributed by atoms with van der Waals surface area (Å²) >= 11 is 12.1. The van der Waals surface area contributed by atoms with Gasteiger partial charge in [0, 0.05) is 11.8 Å². The van der Waals surface area contributed by atoms with E-state index in [1.54, 1.807) is 40.9 Å². The van der Waals surface area contributed by atoms with Gasteiger partial charge < -0.3 is 5.32 Å². The number of rotatable bonds is 3. The van der Waals surface area contributed by atoms with Crippen LogP contribution < -0.4 is 5.32 Å². The summed E-state index contributed by atoms with van der Waals surface area (Å²) in [5, 5.41) is 20.1. The van der Waals surface area contributed by atoms with E-state index in [1.165, 1.54) is 6.33 Å². The number of carbonyl (C=O) groups is 1. The number of aromatic nitrogens is 3. The van der Waals surface area contributed by atoms with Crippen molar-refractivity contribution in [3.8, 4) is 6.07 Å². The molecule has 8 heteroatoms. The van der Waals surface area contributed by atoms with Crippen LogP contribution in [-0.4, -0.2) is 20.5 Å². The Morgan fingerprint density at radius 3 is 2.91 bits per heavy atom. The molecule has 2 heterocycles. The fraction of sp³-hybridized carbons (Fsp3) is 0.0667. The van der Waals surface area contributed by atoms with Gasteiger partial charge in [-0.2, -0.15) is 5.26 Å². The zero-order chi connectivity index (χ0) is 16.4. The van der Waals surface area contributed by atoms with E-state index < -0.39 is 11.9 Å². The number of nitrogens with one attached hydrogen (secondary N) is 1. The number of amides is 1. The Labute approximate surface area is 141 Å². The monoisotopic (exact) mass is 345 g/mol. The minimum atomic E-state index is -0.912.